The van der Waals surface area contributed by atoms with Crippen molar-refractivity contribution in [2.75, 3.05) is 0 Å². The van der Waals surface area contributed by atoms with Gasteiger partial charge in [-0.05, 0) is 59.3 Å². The molecule has 1 aromatic heterocycles. The lowest BCUT2D eigenvalue weighted by Crippen LogP contribution is -2.11. The van der Waals surface area contributed by atoms with E-state index in [1.807, 2.05) is 6.07 Å². The van der Waals surface area contributed by atoms with Gasteiger partial charge < -0.3 is 13.9 Å². The van der Waals surface area contributed by atoms with Crippen molar-refractivity contribution in [1.82, 2.24) is 0 Å². The number of rotatable bonds is 4. The van der Waals surface area contributed by atoms with Crippen molar-refractivity contribution in [2.24, 2.45) is 0 Å². The largest absolute Gasteiger partial charge is 0.457 e. The van der Waals surface area contributed by atoms with Crippen molar-refractivity contribution in [3.63, 3.8) is 0 Å². The first-order valence-corrected chi connectivity index (χ1v) is 9.70. The summed E-state index contributed by atoms with van der Waals surface area (Å²) >= 11 is 3.38. The Bertz CT molecular complexity index is 1330. The Balaban J connectivity index is 1.68. The third-order valence-electron chi connectivity index (χ3n) is 4.34. The highest BCUT2D eigenvalue weighted by Gasteiger charge is 2.17. The lowest BCUT2D eigenvalue weighted by atomic mass is 10.2. The summed E-state index contributed by atoms with van der Waals surface area (Å²) in [5, 5.41) is 0.258. The molecule has 0 saturated heterocycles. The topological polar surface area (TPSA) is 65.7 Å². The second kappa shape index (κ2) is 8.12. The van der Waals surface area contributed by atoms with E-state index in [-0.39, 0.29) is 39.2 Å². The van der Waals surface area contributed by atoms with Crippen LogP contribution in [0.15, 0.2) is 80.4 Å². The average Bonchev–Trinajstić information content (AvgIpc) is 2.72. The zero-order valence-electron chi connectivity index (χ0n) is 15.6. The van der Waals surface area contributed by atoms with E-state index in [0.29, 0.717) is 10.2 Å². The molecular weight excluding hydrogens is 455 g/mol. The van der Waals surface area contributed by atoms with Gasteiger partial charge in [0.15, 0.2) is 0 Å². The standard InChI is InChI=1S/C23H14BrFO5/c1-13-22(30-19-9-5-3-7-17(19)24)21(26)16-11-10-14(12-20(16)28-13)29-23(27)15-6-2-4-8-18(15)25/h2-12H,1H3. The number of benzene rings is 3. The molecule has 0 fully saturated rings. The minimum Gasteiger partial charge on any atom is -0.457 e. The second-order valence-electron chi connectivity index (χ2n) is 6.38. The molecule has 0 spiro atoms. The fourth-order valence-electron chi connectivity index (χ4n) is 2.88. The molecule has 1 heterocycles. The second-order valence-corrected chi connectivity index (χ2v) is 7.23. The van der Waals surface area contributed by atoms with Gasteiger partial charge in [0.05, 0.1) is 15.4 Å². The number of hydrogen-bond donors (Lipinski definition) is 0. The third kappa shape index (κ3) is 3.84. The number of halogens is 2. The Labute approximate surface area is 178 Å². The normalized spacial score (nSPS) is 10.8. The molecule has 0 aliphatic carbocycles. The molecule has 0 aliphatic rings. The van der Waals surface area contributed by atoms with E-state index in [4.69, 9.17) is 13.9 Å². The number of para-hydroxylation sites is 1. The van der Waals surface area contributed by atoms with Gasteiger partial charge in [0.1, 0.15) is 28.7 Å². The summed E-state index contributed by atoms with van der Waals surface area (Å²) in [5.41, 5.74) is -0.334. The van der Waals surface area contributed by atoms with Crippen molar-refractivity contribution >= 4 is 32.9 Å². The first kappa shape index (κ1) is 19.8. The van der Waals surface area contributed by atoms with Gasteiger partial charge in [-0.1, -0.05) is 24.3 Å². The minimum absolute atomic E-state index is 0.0606. The van der Waals surface area contributed by atoms with Crippen LogP contribution < -0.4 is 14.9 Å². The number of aryl methyl sites for hydroxylation is 1. The fraction of sp³-hybridized carbons (Fsp3) is 0.0435. The van der Waals surface area contributed by atoms with E-state index in [1.165, 1.54) is 42.5 Å². The molecular formula is C23H14BrFO5. The zero-order chi connectivity index (χ0) is 21.3. The number of hydrogen-bond acceptors (Lipinski definition) is 5. The van der Waals surface area contributed by atoms with Crippen LogP contribution in [0.2, 0.25) is 0 Å². The highest BCUT2D eigenvalue weighted by molar-refractivity contribution is 9.10. The molecule has 0 bridgehead atoms. The third-order valence-corrected chi connectivity index (χ3v) is 4.99. The molecule has 4 rings (SSSR count). The monoisotopic (exact) mass is 468 g/mol. The molecule has 4 aromatic rings. The Morgan fingerprint density at radius 1 is 1.03 bits per heavy atom. The molecule has 0 N–H and O–H groups in total. The molecule has 0 amide bonds. The van der Waals surface area contributed by atoms with Gasteiger partial charge in [-0.25, -0.2) is 9.18 Å². The van der Waals surface area contributed by atoms with Crippen LogP contribution in [0, 0.1) is 12.7 Å². The van der Waals surface area contributed by atoms with Crippen LogP contribution in [-0.4, -0.2) is 5.97 Å². The van der Waals surface area contributed by atoms with Crippen molar-refractivity contribution in [1.29, 1.82) is 0 Å². The molecule has 3 aromatic carbocycles. The predicted octanol–water partition coefficient (Wildman–Crippen LogP) is 6.01. The van der Waals surface area contributed by atoms with Crippen LogP contribution in [0.25, 0.3) is 11.0 Å². The van der Waals surface area contributed by atoms with Crippen LogP contribution in [0.3, 0.4) is 0 Å². The Kier molecular flexibility index (Phi) is 5.37. The first-order valence-electron chi connectivity index (χ1n) is 8.90. The van der Waals surface area contributed by atoms with Gasteiger partial charge in [-0.3, -0.25) is 4.79 Å². The summed E-state index contributed by atoms with van der Waals surface area (Å²) in [5.74, 6) is -0.605. The first-order chi connectivity index (χ1) is 14.4. The highest BCUT2D eigenvalue weighted by Crippen LogP contribution is 2.31. The van der Waals surface area contributed by atoms with E-state index in [9.17, 15) is 14.0 Å². The van der Waals surface area contributed by atoms with Crippen molar-refractivity contribution in [3.05, 3.63) is 98.6 Å². The average molecular weight is 469 g/mol. The van der Waals surface area contributed by atoms with Gasteiger partial charge in [0.25, 0.3) is 0 Å². The summed E-state index contributed by atoms with van der Waals surface area (Å²) < 4.78 is 31.2. The van der Waals surface area contributed by atoms with Gasteiger partial charge >= 0.3 is 5.97 Å². The number of carbonyl (C=O) groups excluding carboxylic acids is 1. The quantitative estimate of drug-likeness (QED) is 0.270. The molecule has 30 heavy (non-hydrogen) atoms. The van der Waals surface area contributed by atoms with Crippen LogP contribution >= 0.6 is 15.9 Å². The number of ether oxygens (including phenoxy) is 2. The Morgan fingerprint density at radius 2 is 1.77 bits per heavy atom. The lowest BCUT2D eigenvalue weighted by Gasteiger charge is -2.11. The van der Waals surface area contributed by atoms with Gasteiger partial charge in [0.2, 0.25) is 11.2 Å². The van der Waals surface area contributed by atoms with Crippen LogP contribution in [-0.2, 0) is 0 Å². The number of esters is 1. The van der Waals surface area contributed by atoms with E-state index in [1.54, 1.807) is 25.1 Å². The van der Waals surface area contributed by atoms with E-state index in [0.717, 1.165) is 0 Å². The fourth-order valence-corrected chi connectivity index (χ4v) is 3.24. The van der Waals surface area contributed by atoms with Crippen LogP contribution in [0.5, 0.6) is 17.2 Å². The maximum Gasteiger partial charge on any atom is 0.346 e. The molecule has 0 saturated carbocycles. The van der Waals surface area contributed by atoms with Gasteiger partial charge in [-0.2, -0.15) is 0 Å². The SMILES string of the molecule is Cc1oc2cc(OC(=O)c3ccccc3F)ccc2c(=O)c1Oc1ccccc1Br. The van der Waals surface area contributed by atoms with Gasteiger partial charge in [-0.15, -0.1) is 0 Å². The maximum absolute atomic E-state index is 13.8. The van der Waals surface area contributed by atoms with E-state index >= 15 is 0 Å². The molecule has 150 valence electrons. The summed E-state index contributed by atoms with van der Waals surface area (Å²) in [6.45, 7) is 1.60. The van der Waals surface area contributed by atoms with Crippen LogP contribution in [0.1, 0.15) is 16.1 Å². The minimum atomic E-state index is -0.847. The number of fused-ring (bicyclic) bond motifs is 1. The summed E-state index contributed by atoms with van der Waals surface area (Å²) in [7, 11) is 0. The molecule has 0 unspecified atom stereocenters. The molecule has 0 aliphatic heterocycles. The smallest absolute Gasteiger partial charge is 0.346 e. The number of carbonyl (C=O) groups is 1. The van der Waals surface area contributed by atoms with Crippen molar-refractivity contribution in [3.8, 4) is 17.2 Å². The summed E-state index contributed by atoms with van der Waals surface area (Å²) in [4.78, 5) is 25.1. The highest BCUT2D eigenvalue weighted by atomic mass is 79.9. The zero-order valence-corrected chi connectivity index (χ0v) is 17.2. The van der Waals surface area contributed by atoms with E-state index in [2.05, 4.69) is 15.9 Å². The van der Waals surface area contributed by atoms with Gasteiger partial charge in [0, 0.05) is 6.07 Å². The molecule has 5 nitrogen and oxygen atoms in total. The Hall–Kier alpha value is -3.45. The summed E-state index contributed by atoms with van der Waals surface area (Å²) in [6.07, 6.45) is 0. The Morgan fingerprint density at radius 3 is 2.53 bits per heavy atom. The van der Waals surface area contributed by atoms with Crippen molar-refractivity contribution < 1.29 is 23.1 Å². The lowest BCUT2D eigenvalue weighted by molar-refractivity contribution is 0.0730. The molecule has 0 atom stereocenters. The van der Waals surface area contributed by atoms with E-state index < -0.39 is 11.8 Å². The predicted molar refractivity (Wildman–Crippen MR) is 113 cm³/mol. The van der Waals surface area contributed by atoms with Crippen molar-refractivity contribution in [2.45, 2.75) is 6.92 Å². The molecule has 0 radical (unpaired) electrons. The summed E-state index contributed by atoms with van der Waals surface area (Å²) in [6, 6.07) is 17.0. The van der Waals surface area contributed by atoms with Crippen LogP contribution in [0.4, 0.5) is 4.39 Å². The molecule has 7 heteroatoms. The maximum atomic E-state index is 13.8.